The largest absolute Gasteiger partial charge is 0.478 e. The molecule has 31 heavy (non-hydrogen) atoms. The van der Waals surface area contributed by atoms with E-state index in [0.717, 1.165) is 0 Å². The monoisotopic (exact) mass is 504 g/mol. The van der Waals surface area contributed by atoms with Crippen molar-refractivity contribution >= 4 is 5.97 Å². The molecule has 1 N–H and O–H groups in total. The summed E-state index contributed by atoms with van der Waals surface area (Å²) in [7, 11) is 0. The Morgan fingerprint density at radius 1 is 0.548 bits per heavy atom. The smallest absolute Gasteiger partial charge is 0.460 e. The molecule has 0 amide bonds. The van der Waals surface area contributed by atoms with Gasteiger partial charge in [0.2, 0.25) is 0 Å². The topological polar surface area (TPSA) is 37.3 Å². The minimum atomic E-state index is -8.72. The zero-order valence-electron chi connectivity index (χ0n) is 13.7. The van der Waals surface area contributed by atoms with Gasteiger partial charge in [0, 0.05) is 12.0 Å². The number of hydrogen-bond acceptors (Lipinski definition) is 1. The number of alkyl halides is 17. The van der Waals surface area contributed by atoms with Crippen LogP contribution in [-0.4, -0.2) is 58.7 Å². The van der Waals surface area contributed by atoms with Crippen molar-refractivity contribution in [1.82, 2.24) is 0 Å². The lowest BCUT2D eigenvalue weighted by molar-refractivity contribution is -0.461. The molecule has 0 aliphatic carbocycles. The van der Waals surface area contributed by atoms with Crippen LogP contribution in [0.15, 0.2) is 12.2 Å². The molecule has 0 unspecified atom stereocenters. The van der Waals surface area contributed by atoms with Gasteiger partial charge in [-0.2, -0.15) is 74.6 Å². The quantitative estimate of drug-likeness (QED) is 0.308. The normalized spacial score (nSPS) is 15.8. The number of hydrogen-bond donors (Lipinski definition) is 1. The van der Waals surface area contributed by atoms with Crippen LogP contribution in [-0.2, 0) is 4.79 Å². The SMILES string of the molecule is C=C(CC(F)(F)C(F)(F)C(F)(F)C(F)(F)C(F)(F)C(F)(F)C(F)(F)C(F)(F)F)C(=O)O. The molecule has 0 aliphatic heterocycles. The summed E-state index contributed by atoms with van der Waals surface area (Å²) in [5.41, 5.74) is -2.12. The molecular weight excluding hydrogens is 499 g/mol. The third-order valence-corrected chi connectivity index (χ3v) is 3.52. The molecule has 0 bridgehead atoms. The summed E-state index contributed by atoms with van der Waals surface area (Å²) < 4.78 is 219. The number of aliphatic carboxylic acids is 1. The molecule has 0 aromatic rings. The Kier molecular flexibility index (Phi) is 6.81. The first-order chi connectivity index (χ1) is 13.1. The van der Waals surface area contributed by atoms with Crippen LogP contribution in [0.3, 0.4) is 0 Å². The van der Waals surface area contributed by atoms with Crippen LogP contribution in [0.25, 0.3) is 0 Å². The van der Waals surface area contributed by atoms with Crippen molar-refractivity contribution in [3.8, 4) is 0 Å². The summed E-state index contributed by atoms with van der Waals surface area (Å²) in [5.74, 6) is -60.0. The second-order valence-corrected chi connectivity index (χ2v) is 5.73. The lowest BCUT2D eigenvalue weighted by Gasteiger charge is -2.42. The Labute approximate surface area is 158 Å². The van der Waals surface area contributed by atoms with Gasteiger partial charge in [-0.3, -0.25) is 0 Å². The fourth-order valence-electron chi connectivity index (χ4n) is 1.65. The Bertz CT molecular complexity index is 717. The molecule has 184 valence electrons. The van der Waals surface area contributed by atoms with E-state index in [1.165, 1.54) is 0 Å². The first-order valence-electron chi connectivity index (χ1n) is 6.70. The molecule has 0 radical (unpaired) electrons. The Morgan fingerprint density at radius 2 is 0.806 bits per heavy atom. The Morgan fingerprint density at radius 3 is 1.06 bits per heavy atom. The molecule has 0 saturated carbocycles. The first kappa shape index (κ1) is 29.0. The van der Waals surface area contributed by atoms with Crippen LogP contribution in [0.4, 0.5) is 74.6 Å². The maximum Gasteiger partial charge on any atom is 0.460 e. The van der Waals surface area contributed by atoms with Crippen molar-refractivity contribution in [1.29, 1.82) is 0 Å². The predicted molar refractivity (Wildman–Crippen MR) is 62.1 cm³/mol. The molecule has 0 fully saturated rings. The average molecular weight is 504 g/mol. The van der Waals surface area contributed by atoms with Gasteiger partial charge in [0.25, 0.3) is 0 Å². The Balaban J connectivity index is 6.69. The highest BCUT2D eigenvalue weighted by atomic mass is 19.4. The van der Waals surface area contributed by atoms with Crippen molar-refractivity contribution in [2.75, 3.05) is 0 Å². The van der Waals surface area contributed by atoms with Crippen molar-refractivity contribution in [2.45, 2.75) is 54.1 Å². The fourth-order valence-corrected chi connectivity index (χ4v) is 1.65. The molecular formula is C12H5F17O2. The highest BCUT2D eigenvalue weighted by Gasteiger charge is 2.95. The second kappa shape index (κ2) is 7.28. The van der Waals surface area contributed by atoms with Gasteiger partial charge in [0.05, 0.1) is 0 Å². The average Bonchev–Trinajstić information content (AvgIpc) is 2.51. The van der Waals surface area contributed by atoms with Gasteiger partial charge in [-0.1, -0.05) is 6.58 Å². The van der Waals surface area contributed by atoms with Gasteiger partial charge >= 0.3 is 53.6 Å². The van der Waals surface area contributed by atoms with E-state index in [4.69, 9.17) is 5.11 Å². The zero-order chi connectivity index (χ0) is 25.9. The number of rotatable bonds is 9. The van der Waals surface area contributed by atoms with Gasteiger partial charge in [-0.15, -0.1) is 0 Å². The summed E-state index contributed by atoms with van der Waals surface area (Å²) >= 11 is 0. The number of carboxylic acids is 1. The van der Waals surface area contributed by atoms with E-state index in [2.05, 4.69) is 6.58 Å². The molecule has 0 heterocycles. The van der Waals surface area contributed by atoms with Crippen molar-refractivity contribution < 1.29 is 84.5 Å². The van der Waals surface area contributed by atoms with E-state index in [-0.39, 0.29) is 0 Å². The fraction of sp³-hybridized carbons (Fsp3) is 0.750. The number of carbonyl (C=O) groups is 1. The highest BCUT2D eigenvalue weighted by Crippen LogP contribution is 2.64. The molecule has 19 heteroatoms. The highest BCUT2D eigenvalue weighted by molar-refractivity contribution is 5.85. The molecule has 2 nitrogen and oxygen atoms in total. The molecule has 0 aromatic heterocycles. The van der Waals surface area contributed by atoms with Crippen LogP contribution < -0.4 is 0 Å². The lowest BCUT2D eigenvalue weighted by atomic mass is 9.87. The summed E-state index contributed by atoms with van der Waals surface area (Å²) in [6.45, 7) is 2.11. The number of carboxylic acid groups (broad SMARTS) is 1. The van der Waals surface area contributed by atoms with Crippen molar-refractivity contribution in [3.05, 3.63) is 12.2 Å². The molecule has 0 spiro atoms. The molecule has 0 saturated heterocycles. The summed E-state index contributed by atoms with van der Waals surface area (Å²) in [6, 6.07) is 0. The van der Waals surface area contributed by atoms with Crippen LogP contribution in [0.2, 0.25) is 0 Å². The summed E-state index contributed by atoms with van der Waals surface area (Å²) in [6.07, 6.45) is -11.0. The van der Waals surface area contributed by atoms with Gasteiger partial charge in [0.1, 0.15) is 0 Å². The van der Waals surface area contributed by atoms with Crippen molar-refractivity contribution in [3.63, 3.8) is 0 Å². The third-order valence-electron chi connectivity index (χ3n) is 3.52. The zero-order valence-corrected chi connectivity index (χ0v) is 13.7. The first-order valence-corrected chi connectivity index (χ1v) is 6.70. The Hall–Kier alpha value is -1.98. The van der Waals surface area contributed by atoms with Crippen molar-refractivity contribution in [2.24, 2.45) is 0 Å². The minimum Gasteiger partial charge on any atom is -0.478 e. The minimum absolute atomic E-state index is 2.11. The van der Waals surface area contributed by atoms with Crippen LogP contribution in [0.5, 0.6) is 0 Å². The molecule has 0 rings (SSSR count). The summed E-state index contributed by atoms with van der Waals surface area (Å²) in [4.78, 5) is 10.2. The molecule has 0 aromatic carbocycles. The third kappa shape index (κ3) is 3.87. The van der Waals surface area contributed by atoms with E-state index in [0.29, 0.717) is 0 Å². The predicted octanol–water partition coefficient (Wildman–Crippen LogP) is 6.03. The maximum absolute atomic E-state index is 13.3. The standard InChI is InChI=1S/C12H5F17O2/c1-3(4(30)31)2-5(13,14)6(15,16)7(17,18)8(19,20)9(21,22)10(23,24)11(25,26)12(27,28)29/h1-2H2,(H,30,31). The van der Waals surface area contributed by atoms with Gasteiger partial charge in [-0.25, -0.2) is 4.79 Å². The number of halogens is 17. The lowest BCUT2D eigenvalue weighted by Crippen LogP contribution is -2.74. The van der Waals surface area contributed by atoms with Crippen LogP contribution >= 0.6 is 0 Å². The molecule has 0 aliphatic rings. The van der Waals surface area contributed by atoms with E-state index in [9.17, 15) is 79.4 Å². The van der Waals surface area contributed by atoms with Gasteiger partial charge in [0.15, 0.2) is 0 Å². The van der Waals surface area contributed by atoms with Crippen LogP contribution in [0, 0.1) is 0 Å². The summed E-state index contributed by atoms with van der Waals surface area (Å²) in [5, 5.41) is 8.15. The van der Waals surface area contributed by atoms with E-state index >= 15 is 0 Å². The molecule has 0 atom stereocenters. The second-order valence-electron chi connectivity index (χ2n) is 5.73. The van der Waals surface area contributed by atoms with Crippen LogP contribution in [0.1, 0.15) is 6.42 Å². The van der Waals surface area contributed by atoms with E-state index in [1.54, 1.807) is 0 Å². The maximum atomic E-state index is 13.3. The van der Waals surface area contributed by atoms with Gasteiger partial charge in [-0.05, 0) is 0 Å². The van der Waals surface area contributed by atoms with E-state index < -0.39 is 65.6 Å². The van der Waals surface area contributed by atoms with Gasteiger partial charge < -0.3 is 5.11 Å². The van der Waals surface area contributed by atoms with E-state index in [1.807, 2.05) is 0 Å².